The summed E-state index contributed by atoms with van der Waals surface area (Å²) in [5.41, 5.74) is 7.43. The summed E-state index contributed by atoms with van der Waals surface area (Å²) >= 11 is 0. The van der Waals surface area contributed by atoms with Crippen molar-refractivity contribution in [2.75, 3.05) is 30.8 Å². The summed E-state index contributed by atoms with van der Waals surface area (Å²) in [6.07, 6.45) is 2.71. The van der Waals surface area contributed by atoms with E-state index in [0.29, 0.717) is 23.4 Å². The van der Waals surface area contributed by atoms with Gasteiger partial charge in [-0.3, -0.25) is 4.98 Å². The smallest absolute Gasteiger partial charge is 0.150 e. The number of halogens is 1. The highest BCUT2D eigenvalue weighted by molar-refractivity contribution is 5.99. The second kappa shape index (κ2) is 4.66. The van der Waals surface area contributed by atoms with Gasteiger partial charge in [0.25, 0.3) is 0 Å². The molecular weight excluding hydrogens is 245 g/mol. The van der Waals surface area contributed by atoms with Crippen LogP contribution in [0.4, 0.5) is 15.8 Å². The normalized spacial score (nSPS) is 19.3. The Hall–Kier alpha value is -1.88. The summed E-state index contributed by atoms with van der Waals surface area (Å²) in [6, 6.07) is 5.05. The molecular formula is C14H16FN3O. The van der Waals surface area contributed by atoms with E-state index in [0.717, 1.165) is 18.4 Å². The minimum Gasteiger partial charge on any atom is -0.398 e. The molecule has 4 nitrogen and oxygen atoms in total. The highest BCUT2D eigenvalue weighted by atomic mass is 19.1. The minimum atomic E-state index is -0.319. The van der Waals surface area contributed by atoms with Gasteiger partial charge in [0.1, 0.15) is 0 Å². The second-order valence-electron chi connectivity index (χ2n) is 4.79. The van der Waals surface area contributed by atoms with Gasteiger partial charge in [-0.25, -0.2) is 4.39 Å². The number of hydrogen-bond donors (Lipinski definition) is 1. The molecule has 0 aliphatic carbocycles. The fourth-order valence-electron chi connectivity index (χ4n) is 2.65. The van der Waals surface area contributed by atoms with Gasteiger partial charge in [-0.15, -0.1) is 0 Å². The van der Waals surface area contributed by atoms with E-state index in [9.17, 15) is 4.39 Å². The number of hydrogen-bond acceptors (Lipinski definition) is 4. The van der Waals surface area contributed by atoms with Crippen molar-refractivity contribution in [3.63, 3.8) is 0 Å². The molecule has 0 radical (unpaired) electrons. The summed E-state index contributed by atoms with van der Waals surface area (Å²) in [7, 11) is 1.68. The van der Waals surface area contributed by atoms with Crippen molar-refractivity contribution in [2.45, 2.75) is 12.5 Å². The van der Waals surface area contributed by atoms with E-state index in [4.69, 9.17) is 10.5 Å². The van der Waals surface area contributed by atoms with E-state index < -0.39 is 0 Å². The monoisotopic (exact) mass is 261 g/mol. The van der Waals surface area contributed by atoms with Crippen LogP contribution in [-0.2, 0) is 4.74 Å². The van der Waals surface area contributed by atoms with E-state index in [1.807, 2.05) is 17.0 Å². The number of pyridine rings is 1. The van der Waals surface area contributed by atoms with E-state index >= 15 is 0 Å². The van der Waals surface area contributed by atoms with Gasteiger partial charge in [0, 0.05) is 37.5 Å². The summed E-state index contributed by atoms with van der Waals surface area (Å²) < 4.78 is 19.6. The van der Waals surface area contributed by atoms with Crippen molar-refractivity contribution < 1.29 is 9.13 Å². The zero-order valence-electron chi connectivity index (χ0n) is 10.8. The number of nitrogens with zero attached hydrogens (tertiary/aromatic N) is 2. The third-order valence-corrected chi connectivity index (χ3v) is 3.65. The Bertz CT molecular complexity index is 617. The molecule has 0 spiro atoms. The third-order valence-electron chi connectivity index (χ3n) is 3.65. The second-order valence-corrected chi connectivity index (χ2v) is 4.79. The molecule has 0 amide bonds. The Balaban J connectivity index is 2.13. The first-order valence-corrected chi connectivity index (χ1v) is 6.31. The van der Waals surface area contributed by atoms with Crippen LogP contribution < -0.4 is 10.6 Å². The first-order chi connectivity index (χ1) is 9.20. The van der Waals surface area contributed by atoms with Crippen LogP contribution in [0.1, 0.15) is 6.42 Å². The lowest BCUT2D eigenvalue weighted by Crippen LogP contribution is -2.23. The fraction of sp³-hybridized carbons (Fsp3) is 0.357. The lowest BCUT2D eigenvalue weighted by molar-refractivity contribution is 0.121. The molecule has 1 atom stereocenters. The average molecular weight is 261 g/mol. The van der Waals surface area contributed by atoms with Gasteiger partial charge in [-0.2, -0.15) is 0 Å². The molecule has 1 fully saturated rings. The maximum atomic E-state index is 14.3. The van der Waals surface area contributed by atoms with Crippen molar-refractivity contribution in [1.29, 1.82) is 0 Å². The molecule has 1 aliphatic rings. The number of methoxy groups -OCH3 is 1. The van der Waals surface area contributed by atoms with Crippen LogP contribution in [-0.4, -0.2) is 31.3 Å². The maximum absolute atomic E-state index is 14.3. The Morgan fingerprint density at radius 1 is 1.53 bits per heavy atom. The predicted octanol–water partition coefficient (Wildman–Crippen LogP) is 2.18. The largest absolute Gasteiger partial charge is 0.398 e. The van der Waals surface area contributed by atoms with Gasteiger partial charge in [-0.1, -0.05) is 0 Å². The number of anilines is 2. The summed E-state index contributed by atoms with van der Waals surface area (Å²) in [4.78, 5) is 6.28. The van der Waals surface area contributed by atoms with Crippen LogP contribution in [0.5, 0.6) is 0 Å². The molecule has 3 rings (SSSR count). The molecule has 0 saturated carbocycles. The van der Waals surface area contributed by atoms with Crippen molar-refractivity contribution in [1.82, 2.24) is 4.98 Å². The average Bonchev–Trinajstić information content (AvgIpc) is 2.87. The lowest BCUT2D eigenvalue weighted by Gasteiger charge is -2.21. The minimum absolute atomic E-state index is 0.149. The van der Waals surface area contributed by atoms with Gasteiger partial charge < -0.3 is 15.4 Å². The first kappa shape index (κ1) is 12.2. The Labute approximate surface area is 111 Å². The van der Waals surface area contributed by atoms with Crippen molar-refractivity contribution in [3.05, 3.63) is 30.2 Å². The molecule has 1 saturated heterocycles. The van der Waals surface area contributed by atoms with Crippen molar-refractivity contribution in [3.8, 4) is 0 Å². The Morgan fingerprint density at radius 3 is 3.11 bits per heavy atom. The van der Waals surface area contributed by atoms with Crippen molar-refractivity contribution in [2.24, 2.45) is 0 Å². The van der Waals surface area contributed by atoms with Crippen molar-refractivity contribution >= 4 is 22.3 Å². The zero-order valence-corrected chi connectivity index (χ0v) is 10.8. The number of nitrogen functional groups attached to an aromatic ring is 1. The van der Waals surface area contributed by atoms with Crippen LogP contribution in [0.3, 0.4) is 0 Å². The van der Waals surface area contributed by atoms with Crippen LogP contribution in [0.15, 0.2) is 24.4 Å². The molecule has 5 heteroatoms. The van der Waals surface area contributed by atoms with E-state index in [2.05, 4.69) is 4.98 Å². The molecule has 1 aromatic heterocycles. The number of aromatic nitrogens is 1. The molecule has 1 aromatic carbocycles. The molecule has 1 unspecified atom stereocenters. The molecule has 100 valence electrons. The summed E-state index contributed by atoms with van der Waals surface area (Å²) in [5.74, 6) is -0.319. The number of benzene rings is 1. The number of nitrogens with two attached hydrogens (primary N) is 1. The topological polar surface area (TPSA) is 51.4 Å². The van der Waals surface area contributed by atoms with Gasteiger partial charge in [0.2, 0.25) is 0 Å². The molecule has 1 aliphatic heterocycles. The molecule has 19 heavy (non-hydrogen) atoms. The Morgan fingerprint density at radius 2 is 2.37 bits per heavy atom. The molecule has 2 heterocycles. The van der Waals surface area contributed by atoms with E-state index in [-0.39, 0.29) is 11.9 Å². The van der Waals surface area contributed by atoms with Gasteiger partial charge in [0.15, 0.2) is 5.82 Å². The van der Waals surface area contributed by atoms with Crippen LogP contribution >= 0.6 is 0 Å². The summed E-state index contributed by atoms with van der Waals surface area (Å²) in [6.45, 7) is 1.45. The Kier molecular flexibility index (Phi) is 2.98. The lowest BCUT2D eigenvalue weighted by atomic mass is 10.1. The standard InChI is InChI=1S/C14H16FN3O/c1-19-9-4-6-18(8-9)14-11(15)7-12(16)10-3-2-5-17-13(10)14/h2-3,5,7,9H,4,6,8,16H2,1H3. The first-order valence-electron chi connectivity index (χ1n) is 6.31. The predicted molar refractivity (Wildman–Crippen MR) is 73.7 cm³/mol. The zero-order chi connectivity index (χ0) is 13.4. The van der Waals surface area contributed by atoms with Gasteiger partial charge in [0.05, 0.1) is 17.3 Å². The van der Waals surface area contributed by atoms with Crippen LogP contribution in [0.2, 0.25) is 0 Å². The van der Waals surface area contributed by atoms with Crippen LogP contribution in [0.25, 0.3) is 10.9 Å². The number of fused-ring (bicyclic) bond motifs is 1. The number of rotatable bonds is 2. The van der Waals surface area contributed by atoms with Crippen LogP contribution in [0, 0.1) is 5.82 Å². The van der Waals surface area contributed by atoms with E-state index in [1.54, 1.807) is 13.3 Å². The summed E-state index contributed by atoms with van der Waals surface area (Å²) in [5, 5.41) is 0.791. The highest BCUT2D eigenvalue weighted by Crippen LogP contribution is 2.34. The molecule has 2 aromatic rings. The fourth-order valence-corrected chi connectivity index (χ4v) is 2.65. The maximum Gasteiger partial charge on any atom is 0.150 e. The highest BCUT2D eigenvalue weighted by Gasteiger charge is 2.26. The molecule has 0 bridgehead atoms. The quantitative estimate of drug-likeness (QED) is 0.842. The SMILES string of the molecule is COC1CCN(c2c(F)cc(N)c3cccnc23)C1. The van der Waals surface area contributed by atoms with Gasteiger partial charge >= 0.3 is 0 Å². The van der Waals surface area contributed by atoms with Gasteiger partial charge in [-0.05, 0) is 24.6 Å². The number of ether oxygens (including phenoxy) is 1. The molecule has 2 N–H and O–H groups in total. The van der Waals surface area contributed by atoms with E-state index in [1.165, 1.54) is 6.07 Å². The third kappa shape index (κ3) is 2.00.